The van der Waals surface area contributed by atoms with Gasteiger partial charge in [-0.05, 0) is 36.2 Å². The number of hydrogen-bond acceptors (Lipinski definition) is 2. The van der Waals surface area contributed by atoms with Crippen LogP contribution in [-0.2, 0) is 6.54 Å². The van der Waals surface area contributed by atoms with Gasteiger partial charge in [0.25, 0.3) is 0 Å². The Kier molecular flexibility index (Phi) is 3.05. The molecule has 3 aromatic rings. The van der Waals surface area contributed by atoms with Crippen molar-refractivity contribution >= 4 is 10.9 Å². The van der Waals surface area contributed by atoms with Crippen LogP contribution < -0.4 is 0 Å². The normalized spacial score (nSPS) is 12.7. The molecule has 96 valence electrons. The second-order valence-electron chi connectivity index (χ2n) is 4.78. The molecule has 0 amide bonds. The van der Waals surface area contributed by atoms with Crippen molar-refractivity contribution < 1.29 is 5.11 Å². The van der Waals surface area contributed by atoms with Gasteiger partial charge >= 0.3 is 0 Å². The molecular formula is C16H16N2O. The summed E-state index contributed by atoms with van der Waals surface area (Å²) in [7, 11) is 0. The fourth-order valence-corrected chi connectivity index (χ4v) is 2.29. The Bertz CT molecular complexity index is 695. The quantitative estimate of drug-likeness (QED) is 0.777. The third kappa shape index (κ3) is 2.37. The van der Waals surface area contributed by atoms with Crippen LogP contribution >= 0.6 is 0 Å². The molecule has 0 saturated carbocycles. The second kappa shape index (κ2) is 4.86. The average molecular weight is 252 g/mol. The summed E-state index contributed by atoms with van der Waals surface area (Å²) in [5.74, 6) is 0. The van der Waals surface area contributed by atoms with Crippen LogP contribution in [0.3, 0.4) is 0 Å². The van der Waals surface area contributed by atoms with Gasteiger partial charge in [-0.1, -0.05) is 18.2 Å². The number of benzene rings is 1. The summed E-state index contributed by atoms with van der Waals surface area (Å²) in [6.07, 6.45) is 5.41. The zero-order chi connectivity index (χ0) is 13.2. The van der Waals surface area contributed by atoms with E-state index in [0.717, 1.165) is 17.6 Å². The van der Waals surface area contributed by atoms with Gasteiger partial charge in [-0.25, -0.2) is 0 Å². The highest BCUT2D eigenvalue weighted by Crippen LogP contribution is 2.19. The molecule has 1 N–H and O–H groups in total. The zero-order valence-electron chi connectivity index (χ0n) is 10.8. The number of aromatic nitrogens is 2. The van der Waals surface area contributed by atoms with Crippen LogP contribution in [0.25, 0.3) is 10.9 Å². The molecule has 1 atom stereocenters. The van der Waals surface area contributed by atoms with Gasteiger partial charge in [-0.2, -0.15) is 0 Å². The number of aliphatic hydroxyl groups is 1. The third-order valence-electron chi connectivity index (χ3n) is 3.35. The largest absolute Gasteiger partial charge is 0.389 e. The molecule has 0 aliphatic carbocycles. The number of aliphatic hydroxyl groups excluding tert-OH is 1. The van der Waals surface area contributed by atoms with E-state index in [-0.39, 0.29) is 0 Å². The summed E-state index contributed by atoms with van der Waals surface area (Å²) in [4.78, 5) is 4.37. The third-order valence-corrected chi connectivity index (χ3v) is 3.35. The van der Waals surface area contributed by atoms with Gasteiger partial charge < -0.3 is 9.67 Å². The molecule has 2 aromatic heterocycles. The van der Waals surface area contributed by atoms with Gasteiger partial charge in [0.05, 0.1) is 11.6 Å². The lowest BCUT2D eigenvalue weighted by molar-refractivity contribution is 0.199. The first-order valence-electron chi connectivity index (χ1n) is 6.40. The van der Waals surface area contributed by atoms with Gasteiger partial charge in [0.15, 0.2) is 0 Å². The van der Waals surface area contributed by atoms with Gasteiger partial charge in [-0.15, -0.1) is 0 Å². The topological polar surface area (TPSA) is 38.0 Å². The van der Waals surface area contributed by atoms with Crippen LogP contribution in [0.15, 0.2) is 55.0 Å². The van der Waals surface area contributed by atoms with Crippen LogP contribution in [0, 0.1) is 0 Å². The number of pyridine rings is 1. The van der Waals surface area contributed by atoms with E-state index in [0.29, 0.717) is 0 Å². The Morgan fingerprint density at radius 1 is 1.21 bits per heavy atom. The van der Waals surface area contributed by atoms with Crippen molar-refractivity contribution in [3.05, 3.63) is 66.1 Å². The van der Waals surface area contributed by atoms with E-state index in [1.165, 1.54) is 10.9 Å². The van der Waals surface area contributed by atoms with E-state index in [2.05, 4.69) is 15.6 Å². The molecule has 0 radical (unpaired) electrons. The van der Waals surface area contributed by atoms with E-state index >= 15 is 0 Å². The van der Waals surface area contributed by atoms with Crippen molar-refractivity contribution in [2.45, 2.75) is 19.6 Å². The Morgan fingerprint density at radius 2 is 2.05 bits per heavy atom. The van der Waals surface area contributed by atoms with E-state index in [1.54, 1.807) is 6.92 Å². The molecule has 3 nitrogen and oxygen atoms in total. The molecule has 0 fully saturated rings. The molecule has 0 aliphatic rings. The number of rotatable bonds is 3. The highest BCUT2D eigenvalue weighted by Gasteiger charge is 2.05. The van der Waals surface area contributed by atoms with Crippen molar-refractivity contribution in [1.82, 2.24) is 9.55 Å². The summed E-state index contributed by atoms with van der Waals surface area (Å²) in [5.41, 5.74) is 3.19. The Morgan fingerprint density at radius 3 is 2.84 bits per heavy atom. The zero-order valence-corrected chi connectivity index (χ0v) is 10.8. The van der Waals surface area contributed by atoms with Crippen molar-refractivity contribution in [1.29, 1.82) is 0 Å². The Hall–Kier alpha value is -2.13. The van der Waals surface area contributed by atoms with Crippen LogP contribution in [-0.4, -0.2) is 14.7 Å². The highest BCUT2D eigenvalue weighted by atomic mass is 16.3. The van der Waals surface area contributed by atoms with E-state index in [9.17, 15) is 5.11 Å². The fourth-order valence-electron chi connectivity index (χ4n) is 2.29. The summed E-state index contributed by atoms with van der Waals surface area (Å²) < 4.78 is 2.09. The van der Waals surface area contributed by atoms with Crippen LogP contribution in [0.2, 0.25) is 0 Å². The molecule has 1 aromatic carbocycles. The summed E-state index contributed by atoms with van der Waals surface area (Å²) in [6.45, 7) is 2.57. The number of hydrogen-bond donors (Lipinski definition) is 1. The molecule has 2 heterocycles. The van der Waals surface area contributed by atoms with Crippen molar-refractivity contribution in [3.63, 3.8) is 0 Å². The minimum absolute atomic E-state index is 0.421. The maximum Gasteiger partial charge on any atom is 0.0776 e. The standard InChI is InChI=1S/C16H16N2O/c1-12(19)13-7-9-18(10-13)11-14-6-8-17-16-5-3-2-4-15(14)16/h2-10,12,19H,11H2,1H3. The first-order chi connectivity index (χ1) is 9.24. The lowest BCUT2D eigenvalue weighted by Crippen LogP contribution is -1.98. The number of para-hydroxylation sites is 1. The number of fused-ring (bicyclic) bond motifs is 1. The SMILES string of the molecule is CC(O)c1ccn(Cc2ccnc3ccccc23)c1. The molecule has 19 heavy (non-hydrogen) atoms. The molecule has 3 rings (SSSR count). The monoisotopic (exact) mass is 252 g/mol. The second-order valence-corrected chi connectivity index (χ2v) is 4.78. The molecule has 0 aliphatic heterocycles. The van der Waals surface area contributed by atoms with Crippen molar-refractivity contribution in [2.24, 2.45) is 0 Å². The van der Waals surface area contributed by atoms with Gasteiger partial charge in [0, 0.05) is 30.5 Å². The lowest BCUT2D eigenvalue weighted by Gasteiger charge is -2.07. The Labute approximate surface area is 112 Å². The first-order valence-corrected chi connectivity index (χ1v) is 6.40. The maximum atomic E-state index is 9.55. The van der Waals surface area contributed by atoms with Crippen LogP contribution in [0.1, 0.15) is 24.2 Å². The van der Waals surface area contributed by atoms with Crippen LogP contribution in [0.5, 0.6) is 0 Å². The molecule has 0 bridgehead atoms. The smallest absolute Gasteiger partial charge is 0.0776 e. The first kappa shape index (κ1) is 11.9. The molecule has 3 heteroatoms. The van der Waals surface area contributed by atoms with E-state index in [4.69, 9.17) is 0 Å². The summed E-state index contributed by atoms with van der Waals surface area (Å²) >= 11 is 0. The minimum Gasteiger partial charge on any atom is -0.389 e. The lowest BCUT2D eigenvalue weighted by atomic mass is 10.1. The fraction of sp³-hybridized carbons (Fsp3) is 0.188. The summed E-state index contributed by atoms with van der Waals surface area (Å²) in [5, 5.41) is 10.7. The molecule has 0 saturated heterocycles. The van der Waals surface area contributed by atoms with Gasteiger partial charge in [0.2, 0.25) is 0 Å². The number of nitrogens with zero attached hydrogens (tertiary/aromatic N) is 2. The average Bonchev–Trinajstić information content (AvgIpc) is 2.88. The molecule has 0 spiro atoms. The van der Waals surface area contributed by atoms with Crippen molar-refractivity contribution in [3.8, 4) is 0 Å². The predicted octanol–water partition coefficient (Wildman–Crippen LogP) is 3.14. The van der Waals surface area contributed by atoms with Gasteiger partial charge in [-0.3, -0.25) is 4.98 Å². The Balaban J connectivity index is 1.96. The molecular weight excluding hydrogens is 236 g/mol. The van der Waals surface area contributed by atoms with Crippen molar-refractivity contribution in [2.75, 3.05) is 0 Å². The summed E-state index contributed by atoms with van der Waals surface area (Å²) in [6, 6.07) is 12.1. The predicted molar refractivity (Wildman–Crippen MR) is 75.9 cm³/mol. The molecule has 1 unspecified atom stereocenters. The maximum absolute atomic E-state index is 9.55. The van der Waals surface area contributed by atoms with E-state index in [1.807, 2.05) is 48.9 Å². The van der Waals surface area contributed by atoms with E-state index < -0.39 is 6.10 Å². The minimum atomic E-state index is -0.421. The van der Waals surface area contributed by atoms with Crippen LogP contribution in [0.4, 0.5) is 0 Å². The van der Waals surface area contributed by atoms with Gasteiger partial charge in [0.1, 0.15) is 0 Å². The highest BCUT2D eigenvalue weighted by molar-refractivity contribution is 5.81.